The number of rotatable bonds is 5. The van der Waals surface area contributed by atoms with Gasteiger partial charge in [-0.05, 0) is 24.3 Å². The third-order valence-corrected chi connectivity index (χ3v) is 2.16. The molecule has 1 unspecified atom stereocenters. The lowest BCUT2D eigenvalue weighted by Crippen LogP contribution is -2.26. The van der Waals surface area contributed by atoms with Gasteiger partial charge in [-0.3, -0.25) is 4.79 Å². The average molecular weight is 246 g/mol. The highest BCUT2D eigenvalue weighted by molar-refractivity contribution is 6.20. The van der Waals surface area contributed by atoms with Crippen molar-refractivity contribution in [3.8, 4) is 0 Å². The summed E-state index contributed by atoms with van der Waals surface area (Å²) in [6.45, 7) is 2.27. The predicted octanol–water partition coefficient (Wildman–Crippen LogP) is 1.67. The Kier molecular flexibility index (Phi) is 4.30. The van der Waals surface area contributed by atoms with E-state index in [0.29, 0.717) is 13.0 Å². The van der Waals surface area contributed by atoms with Gasteiger partial charge in [0.1, 0.15) is 0 Å². The van der Waals surface area contributed by atoms with Gasteiger partial charge < -0.3 is 15.4 Å². The molecule has 0 aliphatic carbocycles. The highest BCUT2D eigenvalue weighted by Crippen LogP contribution is 2.09. The number of H-pyrrole nitrogens is 1. The highest BCUT2D eigenvalue weighted by Gasteiger charge is 2.14. The molecule has 1 aromatic heterocycles. The predicted molar refractivity (Wildman–Crippen MR) is 59.7 cm³/mol. The van der Waals surface area contributed by atoms with Crippen LogP contribution in [0.2, 0.25) is 0 Å². The Morgan fingerprint density at radius 1 is 1.69 bits per heavy atom. The zero-order valence-corrected chi connectivity index (χ0v) is 9.45. The molecule has 0 bridgehead atoms. The first-order valence-electron chi connectivity index (χ1n) is 4.76. The minimum absolute atomic E-state index is 0.0155. The number of aromatic nitrogens is 1. The van der Waals surface area contributed by atoms with Gasteiger partial charge in [0.25, 0.3) is 5.91 Å². The van der Waals surface area contributed by atoms with E-state index in [1.165, 1.54) is 12.1 Å². The van der Waals surface area contributed by atoms with Crippen LogP contribution in [0.1, 0.15) is 23.8 Å². The summed E-state index contributed by atoms with van der Waals surface area (Å²) in [6, 6.07) is 2.62. The first-order chi connectivity index (χ1) is 7.50. The molecule has 0 spiro atoms. The number of nitro groups is 1. The maximum Gasteiger partial charge on any atom is 0.321 e. The monoisotopic (exact) mass is 245 g/mol. The van der Waals surface area contributed by atoms with Crippen molar-refractivity contribution >= 4 is 23.3 Å². The number of hydrogen-bond donors (Lipinski definition) is 2. The molecule has 0 radical (unpaired) electrons. The molecule has 0 aromatic carbocycles. The molecule has 0 aliphatic heterocycles. The molecule has 1 heterocycles. The highest BCUT2D eigenvalue weighted by atomic mass is 35.5. The molecule has 1 rings (SSSR count). The first-order valence-corrected chi connectivity index (χ1v) is 5.20. The number of nitrogens with zero attached hydrogens (tertiary/aromatic N) is 1. The van der Waals surface area contributed by atoms with Crippen LogP contribution in [-0.4, -0.2) is 27.7 Å². The zero-order valence-electron chi connectivity index (χ0n) is 8.70. The topological polar surface area (TPSA) is 88.0 Å². The second-order valence-electron chi connectivity index (χ2n) is 3.34. The molecule has 1 atom stereocenters. The maximum atomic E-state index is 11.5. The van der Waals surface area contributed by atoms with Gasteiger partial charge in [-0.1, -0.05) is 0 Å². The van der Waals surface area contributed by atoms with Crippen molar-refractivity contribution in [1.82, 2.24) is 10.3 Å². The smallest absolute Gasteiger partial charge is 0.321 e. The minimum atomic E-state index is -0.586. The van der Waals surface area contributed by atoms with E-state index >= 15 is 0 Å². The SMILES string of the molecule is CC(Cl)CCNC(=O)c1ccc([N+](=O)[O-])[nH]1. The van der Waals surface area contributed by atoms with Crippen LogP contribution >= 0.6 is 11.6 Å². The van der Waals surface area contributed by atoms with Crippen molar-refractivity contribution in [2.75, 3.05) is 6.54 Å². The fourth-order valence-corrected chi connectivity index (χ4v) is 1.21. The summed E-state index contributed by atoms with van der Waals surface area (Å²) in [6.07, 6.45) is 0.649. The molecule has 16 heavy (non-hydrogen) atoms. The molecule has 1 amide bonds. The van der Waals surface area contributed by atoms with Crippen molar-refractivity contribution < 1.29 is 9.72 Å². The van der Waals surface area contributed by atoms with E-state index in [1.807, 2.05) is 6.92 Å². The summed E-state index contributed by atoms with van der Waals surface area (Å²) < 4.78 is 0. The number of carbonyl (C=O) groups excluding carboxylic acids is 1. The van der Waals surface area contributed by atoms with Crippen molar-refractivity contribution in [3.63, 3.8) is 0 Å². The van der Waals surface area contributed by atoms with E-state index in [4.69, 9.17) is 11.6 Å². The lowest BCUT2D eigenvalue weighted by molar-refractivity contribution is -0.389. The number of carbonyl (C=O) groups is 1. The Morgan fingerprint density at radius 2 is 2.38 bits per heavy atom. The van der Waals surface area contributed by atoms with Crippen LogP contribution in [-0.2, 0) is 0 Å². The normalized spacial score (nSPS) is 12.1. The number of halogens is 1. The Hall–Kier alpha value is -1.56. The lowest BCUT2D eigenvalue weighted by atomic mass is 10.3. The van der Waals surface area contributed by atoms with Gasteiger partial charge in [-0.2, -0.15) is 0 Å². The largest absolute Gasteiger partial charge is 0.358 e. The van der Waals surface area contributed by atoms with E-state index in [9.17, 15) is 14.9 Å². The summed E-state index contributed by atoms with van der Waals surface area (Å²) in [7, 11) is 0. The molecule has 0 aliphatic rings. The van der Waals surface area contributed by atoms with Crippen molar-refractivity contribution in [1.29, 1.82) is 0 Å². The van der Waals surface area contributed by atoms with Gasteiger partial charge in [0.2, 0.25) is 0 Å². The third kappa shape index (κ3) is 3.54. The number of nitrogens with one attached hydrogen (secondary N) is 2. The van der Waals surface area contributed by atoms with Crippen LogP contribution in [0, 0.1) is 10.1 Å². The third-order valence-electron chi connectivity index (χ3n) is 1.94. The fraction of sp³-hybridized carbons (Fsp3) is 0.444. The second kappa shape index (κ2) is 5.50. The zero-order chi connectivity index (χ0) is 12.1. The van der Waals surface area contributed by atoms with Crippen molar-refractivity contribution in [3.05, 3.63) is 27.9 Å². The van der Waals surface area contributed by atoms with Crippen molar-refractivity contribution in [2.24, 2.45) is 0 Å². The molecule has 2 N–H and O–H groups in total. The van der Waals surface area contributed by atoms with E-state index in [-0.39, 0.29) is 22.8 Å². The van der Waals surface area contributed by atoms with E-state index in [2.05, 4.69) is 10.3 Å². The Balaban J connectivity index is 2.50. The van der Waals surface area contributed by atoms with Crippen LogP contribution in [0.5, 0.6) is 0 Å². The number of aromatic amines is 1. The van der Waals surface area contributed by atoms with Gasteiger partial charge in [0.05, 0.1) is 0 Å². The van der Waals surface area contributed by atoms with Crippen LogP contribution < -0.4 is 5.32 Å². The van der Waals surface area contributed by atoms with Crippen LogP contribution in [0.25, 0.3) is 0 Å². The summed E-state index contributed by atoms with van der Waals surface area (Å²) in [5, 5.41) is 13.0. The number of alkyl halides is 1. The first kappa shape index (κ1) is 12.5. The second-order valence-corrected chi connectivity index (χ2v) is 4.08. The molecule has 1 aromatic rings. The summed E-state index contributed by atoms with van der Waals surface area (Å²) in [5.41, 5.74) is 0.175. The molecular formula is C9H12ClN3O3. The molecular weight excluding hydrogens is 234 g/mol. The molecule has 0 saturated heterocycles. The van der Waals surface area contributed by atoms with Gasteiger partial charge in [0.15, 0.2) is 5.69 Å². The lowest BCUT2D eigenvalue weighted by Gasteiger charge is -2.03. The Labute approximate surface area is 97.1 Å². The summed E-state index contributed by atoms with van der Waals surface area (Å²) in [4.78, 5) is 23.6. The summed E-state index contributed by atoms with van der Waals surface area (Å²) >= 11 is 5.70. The Bertz CT molecular complexity index is 389. The Morgan fingerprint density at radius 3 is 2.88 bits per heavy atom. The van der Waals surface area contributed by atoms with Crippen LogP contribution in [0.4, 0.5) is 5.82 Å². The standard InChI is InChI=1S/C9H12ClN3O3/c1-6(10)4-5-11-9(14)7-2-3-8(12-7)13(15)16/h2-3,6,12H,4-5H2,1H3,(H,11,14). The van der Waals surface area contributed by atoms with Crippen LogP contribution in [0.15, 0.2) is 12.1 Å². The molecule has 88 valence electrons. The quantitative estimate of drug-likeness (QED) is 0.470. The van der Waals surface area contributed by atoms with E-state index in [1.54, 1.807) is 0 Å². The van der Waals surface area contributed by atoms with Gasteiger partial charge >= 0.3 is 5.82 Å². The summed E-state index contributed by atoms with van der Waals surface area (Å²) in [5.74, 6) is -0.568. The molecule has 7 heteroatoms. The van der Waals surface area contributed by atoms with Gasteiger partial charge in [-0.15, -0.1) is 11.6 Å². The number of hydrogen-bond acceptors (Lipinski definition) is 3. The average Bonchev–Trinajstić information content (AvgIpc) is 2.65. The van der Waals surface area contributed by atoms with Crippen LogP contribution in [0.3, 0.4) is 0 Å². The van der Waals surface area contributed by atoms with Gasteiger partial charge in [0, 0.05) is 18.0 Å². The molecule has 0 saturated carbocycles. The van der Waals surface area contributed by atoms with E-state index in [0.717, 1.165) is 0 Å². The molecule has 6 nitrogen and oxygen atoms in total. The molecule has 0 fully saturated rings. The maximum absolute atomic E-state index is 11.5. The minimum Gasteiger partial charge on any atom is -0.358 e. The van der Waals surface area contributed by atoms with E-state index < -0.39 is 4.92 Å². The fourth-order valence-electron chi connectivity index (χ4n) is 1.10. The van der Waals surface area contributed by atoms with Gasteiger partial charge in [-0.25, -0.2) is 4.98 Å². The number of amides is 1. The van der Waals surface area contributed by atoms with Crippen molar-refractivity contribution in [2.45, 2.75) is 18.7 Å².